The number of piperidine rings is 1. The van der Waals surface area contributed by atoms with Crippen LogP contribution in [-0.2, 0) is 38.4 Å². The number of carbonyl (C=O) groups excluding carboxylic acids is 2. The van der Waals surface area contributed by atoms with Gasteiger partial charge in [-0.15, -0.1) is 0 Å². The van der Waals surface area contributed by atoms with E-state index >= 15 is 0 Å². The molecule has 0 saturated carbocycles. The molecule has 78 heavy (non-hydrogen) atoms. The highest BCUT2D eigenvalue weighted by atomic mass is 35.5. The second kappa shape index (κ2) is 27.2. The average Bonchev–Trinajstić information content (AvgIpc) is 3.97. The Labute approximate surface area is 465 Å². The third kappa shape index (κ3) is 13.9. The maximum absolute atomic E-state index is 13.7. The van der Waals surface area contributed by atoms with E-state index in [0.29, 0.717) is 54.4 Å². The molecule has 3 aliphatic heterocycles. The van der Waals surface area contributed by atoms with Gasteiger partial charge in [0.05, 0.1) is 46.0 Å². The smallest absolute Gasteiger partial charge is 0.278 e. The Morgan fingerprint density at radius 1 is 0.859 bits per heavy atom. The second-order valence-corrected chi connectivity index (χ2v) is 21.9. The van der Waals surface area contributed by atoms with Crippen molar-refractivity contribution in [3.63, 3.8) is 0 Å². The lowest BCUT2D eigenvalue weighted by Crippen LogP contribution is -2.53. The number of methoxy groups -OCH3 is 3. The quantitative estimate of drug-likeness (QED) is 0.0302. The van der Waals surface area contributed by atoms with Crippen LogP contribution in [0.4, 0.5) is 5.69 Å². The minimum Gasteiger partial charge on any atom is -0.497 e. The van der Waals surface area contributed by atoms with Gasteiger partial charge in [-0.3, -0.25) is 9.59 Å². The normalized spacial score (nSPS) is 21.5. The first kappa shape index (κ1) is 58.1. The first-order valence-electron chi connectivity index (χ1n) is 26.6. The minimum atomic E-state index is -1.90. The molecule has 6 atom stereocenters. The zero-order valence-electron chi connectivity index (χ0n) is 45.5. The van der Waals surface area contributed by atoms with Gasteiger partial charge in [0.1, 0.15) is 41.2 Å². The van der Waals surface area contributed by atoms with Gasteiger partial charge in [-0.25, -0.2) is 4.67 Å². The van der Waals surface area contributed by atoms with Crippen LogP contribution in [0, 0.1) is 17.2 Å². The Hall–Kier alpha value is -6.02. The zero-order chi connectivity index (χ0) is 55.2. The van der Waals surface area contributed by atoms with E-state index in [0.717, 1.165) is 22.4 Å². The summed E-state index contributed by atoms with van der Waals surface area (Å²) in [6, 6.07) is 44.4. The lowest BCUT2D eigenvalue weighted by atomic mass is 9.80. The molecule has 8 rings (SSSR count). The van der Waals surface area contributed by atoms with Crippen molar-refractivity contribution in [2.75, 3.05) is 52.5 Å². The van der Waals surface area contributed by atoms with Gasteiger partial charge in [-0.1, -0.05) is 96.5 Å². The van der Waals surface area contributed by atoms with Crippen LogP contribution < -0.4 is 19.7 Å². The largest absolute Gasteiger partial charge is 0.497 e. The van der Waals surface area contributed by atoms with E-state index in [2.05, 4.69) is 53.6 Å². The predicted octanol–water partition coefficient (Wildman–Crippen LogP) is 11.4. The second-order valence-electron chi connectivity index (χ2n) is 20.0. The molecule has 0 radical (unpaired) electrons. The highest BCUT2D eigenvalue weighted by Crippen LogP contribution is 2.52. The molecule has 0 aliphatic carbocycles. The monoisotopic (exact) mass is 1100 g/mol. The molecule has 2 fully saturated rings. The fourth-order valence-electron chi connectivity index (χ4n) is 10.5. The molecule has 15 nitrogen and oxygen atoms in total. The van der Waals surface area contributed by atoms with Crippen molar-refractivity contribution in [3.8, 4) is 17.6 Å². The van der Waals surface area contributed by atoms with Gasteiger partial charge >= 0.3 is 0 Å². The number of hydrogen-bond acceptors (Lipinski definition) is 13. The molecule has 0 aromatic heterocycles. The van der Waals surface area contributed by atoms with Gasteiger partial charge in [-0.2, -0.15) is 10.3 Å². The molecule has 0 spiro atoms. The van der Waals surface area contributed by atoms with Crippen molar-refractivity contribution in [1.29, 1.82) is 5.26 Å². The molecule has 1 N–H and O–H groups in total. The summed E-state index contributed by atoms with van der Waals surface area (Å²) < 4.78 is 56.9. The molecular weight excluding hydrogens is 1030 g/mol. The van der Waals surface area contributed by atoms with E-state index in [1.807, 2.05) is 115 Å². The van der Waals surface area contributed by atoms with E-state index in [1.165, 1.54) is 0 Å². The zero-order valence-corrected chi connectivity index (χ0v) is 47.1. The molecule has 5 aromatic carbocycles. The molecule has 0 bridgehead atoms. The maximum Gasteiger partial charge on any atom is 0.278 e. The number of rotatable bonds is 22. The van der Waals surface area contributed by atoms with E-state index < -0.39 is 56.2 Å². The number of amides is 2. The summed E-state index contributed by atoms with van der Waals surface area (Å²) >= 11 is 6.49. The summed E-state index contributed by atoms with van der Waals surface area (Å²) in [6.07, 6.45) is 1.70. The van der Waals surface area contributed by atoms with Crippen LogP contribution in [-0.4, -0.2) is 112 Å². The minimum absolute atomic E-state index is 0.0363. The van der Waals surface area contributed by atoms with Gasteiger partial charge in [0.15, 0.2) is 5.79 Å². The number of amidine groups is 1. The number of ether oxygens (including phenoxy) is 6. The fourth-order valence-corrected chi connectivity index (χ4v) is 12.5. The van der Waals surface area contributed by atoms with Crippen LogP contribution in [0.15, 0.2) is 151 Å². The molecule has 3 aliphatic rings. The number of aliphatic imine (C=N–C) groups is 1. The average molecular weight is 1100 g/mol. The van der Waals surface area contributed by atoms with E-state index in [4.69, 9.17) is 49.1 Å². The van der Waals surface area contributed by atoms with Crippen molar-refractivity contribution in [3.05, 3.63) is 173 Å². The van der Waals surface area contributed by atoms with Crippen LogP contribution in [0.1, 0.15) is 86.8 Å². The Bertz CT molecular complexity index is 2790. The number of nitrogens with one attached hydrogen (secondary N) is 1. The molecule has 4 unspecified atom stereocenters. The van der Waals surface area contributed by atoms with Crippen molar-refractivity contribution in [1.82, 2.24) is 9.99 Å². The summed E-state index contributed by atoms with van der Waals surface area (Å²) in [6.45, 7) is 9.61. The Balaban J connectivity index is 1.27. The van der Waals surface area contributed by atoms with Crippen molar-refractivity contribution >= 4 is 43.5 Å². The Morgan fingerprint density at radius 3 is 2.05 bits per heavy atom. The third-order valence-electron chi connectivity index (χ3n) is 14.4. The lowest BCUT2D eigenvalue weighted by Gasteiger charge is -2.45. The number of anilines is 1. The van der Waals surface area contributed by atoms with Crippen LogP contribution in [0.3, 0.4) is 0 Å². The number of halogens is 1. The summed E-state index contributed by atoms with van der Waals surface area (Å²) in [5, 5.41) is 13.2. The molecular formula is C61H71ClN5O10P. The van der Waals surface area contributed by atoms with Gasteiger partial charge in [-0.05, 0) is 111 Å². The summed E-state index contributed by atoms with van der Waals surface area (Å²) in [5.41, 5.74) is 2.63. The molecule has 3 heterocycles. The summed E-state index contributed by atoms with van der Waals surface area (Å²) in [4.78, 5) is 33.8. The van der Waals surface area contributed by atoms with Crippen LogP contribution in [0.2, 0.25) is 5.02 Å². The van der Waals surface area contributed by atoms with Gasteiger partial charge < -0.3 is 47.7 Å². The van der Waals surface area contributed by atoms with Gasteiger partial charge in [0, 0.05) is 73.7 Å². The number of carbonyl (C=O) groups is 2. The van der Waals surface area contributed by atoms with Crippen molar-refractivity contribution < 1.29 is 47.1 Å². The van der Waals surface area contributed by atoms with E-state index in [-0.39, 0.29) is 49.9 Å². The van der Waals surface area contributed by atoms with Crippen LogP contribution in [0.25, 0.3) is 0 Å². The highest BCUT2D eigenvalue weighted by Gasteiger charge is 2.55. The third-order valence-corrected chi connectivity index (χ3v) is 16.8. The number of nitrogens with zero attached hydrogens (tertiary/aromatic N) is 4. The predicted molar refractivity (Wildman–Crippen MR) is 303 cm³/mol. The molecule has 17 heteroatoms. The number of nitriles is 1. The first-order chi connectivity index (χ1) is 37.8. The van der Waals surface area contributed by atoms with Gasteiger partial charge in [0.2, 0.25) is 5.91 Å². The molecule has 412 valence electrons. The maximum atomic E-state index is 13.7. The van der Waals surface area contributed by atoms with Crippen molar-refractivity contribution in [2.45, 2.75) is 108 Å². The fraction of sp³-hybridized carbons (Fsp3) is 0.410. The van der Waals surface area contributed by atoms with Crippen LogP contribution in [0.5, 0.6) is 11.5 Å². The van der Waals surface area contributed by atoms with Gasteiger partial charge in [0.25, 0.3) is 14.4 Å². The summed E-state index contributed by atoms with van der Waals surface area (Å²) in [5.74, 6) is -0.958. The Morgan fingerprint density at radius 2 is 1.47 bits per heavy atom. The molecule has 2 amide bonds. The number of benzene rings is 5. The van der Waals surface area contributed by atoms with Crippen molar-refractivity contribution in [2.24, 2.45) is 10.9 Å². The Kier molecular flexibility index (Phi) is 20.3. The topological polar surface area (TPSA) is 163 Å². The molecule has 2 saturated heterocycles. The van der Waals surface area contributed by atoms with E-state index in [9.17, 15) is 14.9 Å². The number of hydrogen-bond donors (Lipinski definition) is 1. The standard InChI is InChI=1S/C61H71ClN5O10P/c1-42(2)67(43(3)4)78(74-39-15-36-63)77-57-53(41-73-61(46-18-12-9-13-19-46,47-24-28-51(70-5)29-25-47)48-26-30-52(71-6)31-27-48)75-56(44-22-32-54(64-55(68)33-23-44)65-59(69)45-16-10-8-11-17-45)58(57)76-60(72-7)34-37-66(38-35-60)50-21-14-20-49(62)40-50/h8-14,16-22,24-32,40,42-44,53,56-58H,15,23,33-35,37-39,41H2,1-7H3,(H,64,65,68,69)/t44?,53-,56+,57?,58?,78?/m1/s1. The van der Waals surface area contributed by atoms with E-state index in [1.54, 1.807) is 51.7 Å². The molecule has 5 aromatic rings. The van der Waals surface area contributed by atoms with Crippen LogP contribution >= 0.6 is 20.1 Å². The first-order valence-corrected chi connectivity index (χ1v) is 28.1. The highest BCUT2D eigenvalue weighted by molar-refractivity contribution is 7.44. The lowest BCUT2D eigenvalue weighted by molar-refractivity contribution is -0.271. The SMILES string of the molecule is COc1ccc(C(OC[C@H]2O[C@@H](C3C=CC(=NC(=O)c4ccccc4)NC(=O)CC3)C(OC3(OC)CCN(c4cccc(Cl)c4)CC3)C2OP(OCCC#N)N(C(C)C)C(C)C)(c2ccccc2)c2ccc(OC)cc2)cc1. The summed E-state index contributed by atoms with van der Waals surface area (Å²) in [7, 11) is 3.04.